The molecule has 0 aliphatic carbocycles. The van der Waals surface area contributed by atoms with E-state index in [9.17, 15) is 19.2 Å². The maximum Gasteiger partial charge on any atom is 0.411 e. The molecule has 5 rings (SSSR count). The molecular formula is C32H32N4O7. The Morgan fingerprint density at radius 2 is 1.51 bits per heavy atom. The van der Waals surface area contributed by atoms with E-state index in [4.69, 9.17) is 13.9 Å². The Hall–Kier alpha value is -5.32. The van der Waals surface area contributed by atoms with Gasteiger partial charge in [-0.25, -0.2) is 9.59 Å². The fraction of sp³-hybridized carbons (Fsp3) is 0.250. The van der Waals surface area contributed by atoms with Crippen LogP contribution < -0.4 is 21.3 Å². The second-order valence-electron chi connectivity index (χ2n) is 11.2. The molecule has 4 N–H and O–H groups in total. The molecule has 0 atom stereocenters. The van der Waals surface area contributed by atoms with E-state index in [-0.39, 0.29) is 36.3 Å². The first-order valence-corrected chi connectivity index (χ1v) is 13.7. The molecule has 43 heavy (non-hydrogen) atoms. The van der Waals surface area contributed by atoms with E-state index in [0.717, 1.165) is 5.56 Å². The fourth-order valence-electron chi connectivity index (χ4n) is 4.71. The lowest BCUT2D eigenvalue weighted by Crippen LogP contribution is -2.40. The molecule has 4 amide bonds. The number of rotatable bonds is 3. The summed E-state index contributed by atoms with van der Waals surface area (Å²) in [6.07, 6.45) is -1.57. The number of aryl methyl sites for hydroxylation is 1. The molecule has 11 heteroatoms. The normalized spacial score (nSPS) is 13.6. The van der Waals surface area contributed by atoms with Crippen LogP contribution in [0.5, 0.6) is 0 Å². The summed E-state index contributed by atoms with van der Waals surface area (Å²) in [5.41, 5.74) is 3.63. The zero-order valence-electron chi connectivity index (χ0n) is 24.5. The van der Waals surface area contributed by atoms with E-state index in [0.29, 0.717) is 44.7 Å². The first kappa shape index (κ1) is 29.2. The number of benzene rings is 3. The van der Waals surface area contributed by atoms with E-state index in [2.05, 4.69) is 21.3 Å². The van der Waals surface area contributed by atoms with Crippen molar-refractivity contribution in [3.05, 3.63) is 71.3 Å². The van der Waals surface area contributed by atoms with Gasteiger partial charge in [-0.1, -0.05) is 29.8 Å². The lowest BCUT2D eigenvalue weighted by molar-refractivity contribution is 0.0918. The van der Waals surface area contributed by atoms with Crippen LogP contribution in [0.25, 0.3) is 33.4 Å². The van der Waals surface area contributed by atoms with E-state index in [1.165, 1.54) is 13.1 Å². The van der Waals surface area contributed by atoms with Gasteiger partial charge in [0.1, 0.15) is 24.6 Å². The van der Waals surface area contributed by atoms with Crippen molar-refractivity contribution in [3.63, 3.8) is 0 Å². The smallest absolute Gasteiger partial charge is 0.411 e. The third-order valence-corrected chi connectivity index (χ3v) is 6.62. The molecule has 1 aliphatic heterocycles. The Balaban J connectivity index is 1.78. The molecule has 2 bridgehead atoms. The van der Waals surface area contributed by atoms with Crippen molar-refractivity contribution < 1.29 is 33.1 Å². The van der Waals surface area contributed by atoms with Gasteiger partial charge < -0.3 is 24.5 Å². The summed E-state index contributed by atoms with van der Waals surface area (Å²) in [5.74, 6) is -0.381. The number of ether oxygens (including phenoxy) is 2. The van der Waals surface area contributed by atoms with Crippen LogP contribution in [-0.4, -0.2) is 49.8 Å². The second-order valence-corrected chi connectivity index (χ2v) is 11.2. The third kappa shape index (κ3) is 6.45. The number of amides is 4. The largest absolute Gasteiger partial charge is 0.455 e. The Morgan fingerprint density at radius 1 is 0.837 bits per heavy atom. The average Bonchev–Trinajstić information content (AvgIpc) is 3.31. The van der Waals surface area contributed by atoms with Crippen molar-refractivity contribution in [1.82, 2.24) is 10.6 Å². The Labute approximate surface area is 247 Å². The van der Waals surface area contributed by atoms with Crippen molar-refractivity contribution in [1.29, 1.82) is 0 Å². The second kappa shape index (κ2) is 11.5. The molecular weight excluding hydrogens is 552 g/mol. The number of furan rings is 1. The molecule has 0 saturated carbocycles. The molecule has 0 saturated heterocycles. The number of carbonyl (C=O) groups excluding carboxylic acids is 4. The van der Waals surface area contributed by atoms with Gasteiger partial charge in [0.2, 0.25) is 0 Å². The zero-order chi connectivity index (χ0) is 30.9. The quantitative estimate of drug-likeness (QED) is 0.228. The minimum Gasteiger partial charge on any atom is -0.455 e. The summed E-state index contributed by atoms with van der Waals surface area (Å²) in [4.78, 5) is 51.7. The van der Waals surface area contributed by atoms with Crippen LogP contribution in [0, 0.1) is 6.92 Å². The number of cyclic esters (lactones) is 2. The van der Waals surface area contributed by atoms with Gasteiger partial charge in [-0.15, -0.1) is 0 Å². The topological polar surface area (TPSA) is 148 Å². The van der Waals surface area contributed by atoms with Crippen molar-refractivity contribution in [2.75, 3.05) is 30.9 Å². The highest BCUT2D eigenvalue weighted by atomic mass is 16.6. The summed E-state index contributed by atoms with van der Waals surface area (Å²) < 4.78 is 16.5. The number of carbonyl (C=O) groups is 4. The molecule has 11 nitrogen and oxygen atoms in total. The highest BCUT2D eigenvalue weighted by Crippen LogP contribution is 2.41. The minimum atomic E-state index is -0.789. The third-order valence-electron chi connectivity index (χ3n) is 6.62. The maximum atomic E-state index is 13.2. The summed E-state index contributed by atoms with van der Waals surface area (Å²) in [5, 5.41) is 11.5. The van der Waals surface area contributed by atoms with Crippen LogP contribution in [0.15, 0.2) is 59.0 Å². The van der Waals surface area contributed by atoms with Gasteiger partial charge in [0.25, 0.3) is 11.8 Å². The van der Waals surface area contributed by atoms with Crippen molar-refractivity contribution in [2.45, 2.75) is 33.2 Å². The van der Waals surface area contributed by atoms with Gasteiger partial charge in [-0.3, -0.25) is 20.2 Å². The van der Waals surface area contributed by atoms with Crippen molar-refractivity contribution >= 4 is 46.3 Å². The van der Waals surface area contributed by atoms with E-state index < -0.39 is 17.7 Å². The molecule has 1 aromatic heterocycles. The molecule has 1 aliphatic rings. The van der Waals surface area contributed by atoms with Gasteiger partial charge in [-0.2, -0.15) is 0 Å². The average molecular weight is 585 g/mol. The van der Waals surface area contributed by atoms with E-state index in [1.807, 2.05) is 52.0 Å². The number of hydrogen-bond acceptors (Lipinski definition) is 7. The molecule has 222 valence electrons. The molecule has 0 spiro atoms. The number of hydrogen-bond donors (Lipinski definition) is 4. The summed E-state index contributed by atoms with van der Waals surface area (Å²) >= 11 is 0. The van der Waals surface area contributed by atoms with Gasteiger partial charge >= 0.3 is 12.2 Å². The molecule has 4 aromatic rings. The van der Waals surface area contributed by atoms with Crippen LogP contribution in [0.3, 0.4) is 0 Å². The molecule has 2 heterocycles. The lowest BCUT2D eigenvalue weighted by Gasteiger charge is -2.21. The molecule has 0 fully saturated rings. The van der Waals surface area contributed by atoms with E-state index in [1.54, 1.807) is 24.3 Å². The first-order chi connectivity index (χ1) is 20.4. The van der Waals surface area contributed by atoms with Crippen molar-refractivity contribution in [2.24, 2.45) is 0 Å². The molecule has 0 radical (unpaired) electrons. The predicted molar refractivity (Wildman–Crippen MR) is 162 cm³/mol. The highest BCUT2D eigenvalue weighted by molar-refractivity contribution is 6.13. The van der Waals surface area contributed by atoms with Crippen LogP contribution in [0.4, 0.5) is 21.0 Å². The SMILES string of the molecule is CNC(=O)c1c(-c2ccc(C)cc2)oc2cc3c(cc12)-c1cc(cc(C(=O)NC(C)(C)C)c1)NC(=O)OCCOC(=O)N3. The van der Waals surface area contributed by atoms with Gasteiger partial charge in [-0.05, 0) is 57.5 Å². The van der Waals surface area contributed by atoms with E-state index >= 15 is 0 Å². The Bertz CT molecular complexity index is 1750. The van der Waals surface area contributed by atoms with Crippen molar-refractivity contribution in [3.8, 4) is 22.5 Å². The highest BCUT2D eigenvalue weighted by Gasteiger charge is 2.25. The number of nitrogens with one attached hydrogen (secondary N) is 4. The Kier molecular flexibility index (Phi) is 7.81. The number of fused-ring (bicyclic) bond motifs is 5. The Morgan fingerprint density at radius 3 is 2.16 bits per heavy atom. The van der Waals surface area contributed by atoms with Gasteiger partial charge in [0.05, 0.1) is 11.3 Å². The monoisotopic (exact) mass is 584 g/mol. The lowest BCUT2D eigenvalue weighted by atomic mass is 9.96. The summed E-state index contributed by atoms with van der Waals surface area (Å²) in [6.45, 7) is 7.15. The summed E-state index contributed by atoms with van der Waals surface area (Å²) in [6, 6.07) is 15.7. The van der Waals surface area contributed by atoms with Crippen LogP contribution in [0.1, 0.15) is 47.1 Å². The predicted octanol–water partition coefficient (Wildman–Crippen LogP) is 6.07. The first-order valence-electron chi connectivity index (χ1n) is 13.7. The molecule has 3 aromatic carbocycles. The molecule has 0 unspecified atom stereocenters. The fourth-order valence-corrected chi connectivity index (χ4v) is 4.71. The van der Waals surface area contributed by atoms with Crippen LogP contribution in [0.2, 0.25) is 0 Å². The van der Waals surface area contributed by atoms with Gasteiger partial charge in [0.15, 0.2) is 0 Å². The maximum absolute atomic E-state index is 13.2. The zero-order valence-corrected chi connectivity index (χ0v) is 24.5. The number of anilines is 2. The standard InChI is InChI=1S/C32H32N4O7/c1-17-6-8-18(9-7-17)27-26(29(38)33-5)23-15-22-19-12-20(28(37)36-32(2,3)4)14-21(13-19)34-30(39)41-10-11-42-31(40)35-24(22)16-25(23)43-27/h6-9,12-16H,10-11H2,1-5H3,(H,33,38)(H,34,39)(H,35,40)(H,36,37). The minimum absolute atomic E-state index is 0.185. The van der Waals surface area contributed by atoms with Crippen LogP contribution in [-0.2, 0) is 9.47 Å². The van der Waals surface area contributed by atoms with Crippen LogP contribution >= 0.6 is 0 Å². The summed E-state index contributed by atoms with van der Waals surface area (Å²) in [7, 11) is 1.53. The van der Waals surface area contributed by atoms with Gasteiger partial charge in [0, 0.05) is 46.4 Å².